The van der Waals surface area contributed by atoms with E-state index in [1.165, 1.54) is 199 Å². The Bertz CT molecular complexity index is 4690. The normalized spacial score (nSPS) is 9.98. The number of fused-ring (bicyclic) bond motifs is 5. The number of hydrogen-bond donors (Lipinski definition) is 0. The van der Waals surface area contributed by atoms with Crippen molar-refractivity contribution in [3.8, 4) is 0 Å². The van der Waals surface area contributed by atoms with Crippen LogP contribution in [0.5, 0.6) is 0 Å². The summed E-state index contributed by atoms with van der Waals surface area (Å²) in [7, 11) is 0. The zero-order chi connectivity index (χ0) is 79.1. The third-order valence-corrected chi connectivity index (χ3v) is 21.0. The van der Waals surface area contributed by atoms with Crippen LogP contribution in [0.15, 0.2) is 243 Å². The van der Waals surface area contributed by atoms with Gasteiger partial charge in [-0.2, -0.15) is 0 Å². The van der Waals surface area contributed by atoms with Crippen molar-refractivity contribution in [2.45, 2.75) is 208 Å². The SMILES string of the molecule is CC.Cc1c(C)c(C)c(C)c(C)c1C.Cc1c(C)c(C)c2ccccc2c1C.Cc1c(C)c2ccccc2c2ccccc12.Cc1cc(C)c(C)cc1C.Cc1cc(C)cc(C)c1.Cc1ccc(C)cc1.Cc1ccc2ccccc2c1C.Cc1cccc(C)c1.Cc1ccccc1.Cc1ccccc1C. The zero-order valence-electron chi connectivity index (χ0n) is 71.1. The van der Waals surface area contributed by atoms with Crippen molar-refractivity contribution in [1.29, 1.82) is 0 Å². The van der Waals surface area contributed by atoms with Gasteiger partial charge < -0.3 is 0 Å². The maximum Gasteiger partial charge on any atom is -0.0103 e. The first-order valence-electron chi connectivity index (χ1n) is 38.2. The molecule has 14 rings (SSSR count). The summed E-state index contributed by atoms with van der Waals surface area (Å²) in [4.78, 5) is 0. The average Bonchev–Trinajstić information content (AvgIpc) is 0.767. The molecule has 0 unspecified atom stereocenters. The maximum atomic E-state index is 2.24. The monoisotopic (exact) mass is 1400 g/mol. The van der Waals surface area contributed by atoms with E-state index in [1.54, 1.807) is 0 Å². The molecule has 0 aliphatic heterocycles. The van der Waals surface area contributed by atoms with Crippen LogP contribution in [0.3, 0.4) is 0 Å². The average molecular weight is 1400 g/mol. The fourth-order valence-corrected chi connectivity index (χ4v) is 12.8. The van der Waals surface area contributed by atoms with Crippen molar-refractivity contribution in [2.75, 3.05) is 0 Å². The number of rotatable bonds is 0. The van der Waals surface area contributed by atoms with Crippen molar-refractivity contribution in [1.82, 2.24) is 0 Å². The summed E-state index contributed by atoms with van der Waals surface area (Å²) in [6, 6.07) is 85.4. The van der Waals surface area contributed by atoms with Gasteiger partial charge in [0.2, 0.25) is 0 Å². The number of hydrogen-bond acceptors (Lipinski definition) is 0. The highest BCUT2D eigenvalue weighted by Gasteiger charge is 2.10. The molecule has 0 radical (unpaired) electrons. The van der Waals surface area contributed by atoms with E-state index in [1.807, 2.05) is 32.0 Å². The van der Waals surface area contributed by atoms with Gasteiger partial charge in [0.15, 0.2) is 0 Å². The topological polar surface area (TPSA) is 0 Å². The molecule has 0 spiro atoms. The molecule has 0 aromatic heterocycles. The highest BCUT2D eigenvalue weighted by molar-refractivity contribution is 6.10. The van der Waals surface area contributed by atoms with Crippen molar-refractivity contribution in [3.05, 3.63) is 398 Å². The second-order valence-electron chi connectivity index (χ2n) is 29.1. The van der Waals surface area contributed by atoms with Crippen molar-refractivity contribution in [2.24, 2.45) is 0 Å². The molecule has 554 valence electrons. The summed E-state index contributed by atoms with van der Waals surface area (Å²) in [6.45, 7) is 64.6. The highest BCUT2D eigenvalue weighted by atomic mass is 14.2. The molecule has 0 saturated carbocycles. The van der Waals surface area contributed by atoms with Gasteiger partial charge in [-0.05, 0) is 348 Å². The summed E-state index contributed by atoms with van der Waals surface area (Å²) in [5.74, 6) is 0. The van der Waals surface area contributed by atoms with Gasteiger partial charge in [0.05, 0.1) is 0 Å². The fraction of sp³-hybridized carbons (Fsp3) is 0.283. The molecule has 0 atom stereocenters. The first-order chi connectivity index (χ1) is 50.2. The molecular weight excluding hydrogens is 1270 g/mol. The molecule has 106 heavy (non-hydrogen) atoms. The van der Waals surface area contributed by atoms with Crippen molar-refractivity contribution >= 4 is 43.1 Å². The van der Waals surface area contributed by atoms with E-state index >= 15 is 0 Å². The standard InChI is InChI=1S/C16H14.C14H16.C12H12.C12H18.C10H14.C9H12.3C8H10.C7H8.C2H6/c1-11-12(2)14-8-4-6-10-16(14)15-9-5-3-7-13(11)15;1-9-10(2)12(4)14-8-6-5-7-13(14)11(9)3;1-9-7-8-11-5-3-4-6-12(11)10(9)2;1-7-8(2)10(4)12(6)11(5)9(7)3;1-7-5-9(3)10(4)6-8(7)2;1-7-4-8(2)6-9(3)5-7;1-7-3-5-8(2)6-4-7;1-7-4-3-5-8(2)6-7;1-7-5-3-4-6-8(7)2;1-7-5-3-2-4-6-7;1-2/h3-10H,1-2H3;5-8H,1-4H3;3-8H,1-2H3;1-6H3;5-6H,1-4H3;4-6H,1-3H3;3*3-6H,1-2H3;2-6H,1H3;1-2H3. The van der Waals surface area contributed by atoms with E-state index in [0.29, 0.717) is 0 Å². The second-order valence-corrected chi connectivity index (χ2v) is 29.1. The quantitative estimate of drug-likeness (QED) is 0.133. The van der Waals surface area contributed by atoms with Crippen molar-refractivity contribution in [3.63, 3.8) is 0 Å². The van der Waals surface area contributed by atoms with E-state index in [2.05, 4.69) is 418 Å². The molecule has 0 heterocycles. The predicted octanol–water partition coefficient (Wildman–Crippen LogP) is 31.1. The molecule has 0 saturated heterocycles. The van der Waals surface area contributed by atoms with Crippen LogP contribution < -0.4 is 0 Å². The van der Waals surface area contributed by atoms with E-state index in [4.69, 9.17) is 0 Å². The van der Waals surface area contributed by atoms with Crippen LogP contribution in [0.2, 0.25) is 0 Å². The van der Waals surface area contributed by atoms with Gasteiger partial charge in [0, 0.05) is 0 Å². The molecule has 0 amide bonds. The number of aryl methyl sites for hydroxylation is 20. The van der Waals surface area contributed by atoms with Gasteiger partial charge in [-0.25, -0.2) is 0 Å². The van der Waals surface area contributed by atoms with E-state index < -0.39 is 0 Å². The lowest BCUT2D eigenvalue weighted by molar-refractivity contribution is 1.13. The Labute approximate surface area is 645 Å². The van der Waals surface area contributed by atoms with E-state index in [-0.39, 0.29) is 0 Å². The first kappa shape index (κ1) is 88.5. The zero-order valence-corrected chi connectivity index (χ0v) is 71.1. The molecule has 14 aromatic carbocycles. The van der Waals surface area contributed by atoms with Gasteiger partial charge >= 0.3 is 0 Å². The third kappa shape index (κ3) is 26.9. The van der Waals surface area contributed by atoms with Gasteiger partial charge in [0.1, 0.15) is 0 Å². The minimum absolute atomic E-state index is 1.32. The Kier molecular flexibility index (Phi) is 36.9. The molecular formula is C106H130. The first-order valence-corrected chi connectivity index (χ1v) is 38.2. The van der Waals surface area contributed by atoms with Crippen LogP contribution in [0.25, 0.3) is 43.1 Å². The minimum Gasteiger partial charge on any atom is -0.0683 e. The third-order valence-electron chi connectivity index (χ3n) is 21.0. The molecule has 0 fully saturated rings. The van der Waals surface area contributed by atoms with Crippen LogP contribution in [-0.2, 0) is 0 Å². The largest absolute Gasteiger partial charge is 0.0683 e. The van der Waals surface area contributed by atoms with Crippen LogP contribution in [-0.4, -0.2) is 0 Å². The van der Waals surface area contributed by atoms with E-state index in [9.17, 15) is 0 Å². The van der Waals surface area contributed by atoms with Crippen LogP contribution >= 0.6 is 0 Å². The fourth-order valence-electron chi connectivity index (χ4n) is 12.8. The second kappa shape index (κ2) is 44.2. The predicted molar refractivity (Wildman–Crippen MR) is 478 cm³/mol. The highest BCUT2D eigenvalue weighted by Crippen LogP contribution is 2.33. The molecule has 0 aliphatic carbocycles. The van der Waals surface area contributed by atoms with Gasteiger partial charge in [-0.15, -0.1) is 0 Å². The lowest BCUT2D eigenvalue weighted by atomic mass is 9.90. The van der Waals surface area contributed by atoms with Gasteiger partial charge in [-0.3, -0.25) is 0 Å². The molecule has 14 aromatic rings. The Balaban J connectivity index is 0.000000251. The molecule has 0 heteroatoms. The molecule has 0 nitrogen and oxygen atoms in total. The number of benzene rings is 14. The molecule has 0 aliphatic rings. The summed E-state index contributed by atoms with van der Waals surface area (Å²) in [5, 5.41) is 11.0. The smallest absolute Gasteiger partial charge is 0.0103 e. The van der Waals surface area contributed by atoms with Crippen LogP contribution in [0.1, 0.15) is 170 Å². The minimum atomic E-state index is 1.32. The molecule has 0 N–H and O–H groups in total. The van der Waals surface area contributed by atoms with Gasteiger partial charge in [-0.1, -0.05) is 301 Å². The van der Waals surface area contributed by atoms with Gasteiger partial charge in [0.25, 0.3) is 0 Å². The summed E-state index contributed by atoms with van der Waals surface area (Å²) < 4.78 is 0. The summed E-state index contributed by atoms with van der Waals surface area (Å²) in [6.07, 6.45) is 0. The Morgan fingerprint density at radius 1 is 0.123 bits per heavy atom. The summed E-state index contributed by atoms with van der Waals surface area (Å²) in [5.41, 5.74) is 39.0. The maximum absolute atomic E-state index is 2.24. The Hall–Kier alpha value is -9.88. The Morgan fingerprint density at radius 3 is 0.651 bits per heavy atom. The lowest BCUT2D eigenvalue weighted by Gasteiger charge is -2.15. The van der Waals surface area contributed by atoms with Crippen molar-refractivity contribution < 1.29 is 0 Å². The molecule has 0 bridgehead atoms. The van der Waals surface area contributed by atoms with E-state index in [0.717, 1.165) is 0 Å². The van der Waals surface area contributed by atoms with Crippen LogP contribution in [0, 0.1) is 194 Å². The summed E-state index contributed by atoms with van der Waals surface area (Å²) >= 11 is 0. The Morgan fingerprint density at radius 2 is 0.358 bits per heavy atom. The van der Waals surface area contributed by atoms with Crippen LogP contribution in [0.4, 0.5) is 0 Å². The lowest BCUT2D eigenvalue weighted by Crippen LogP contribution is -1.98.